The van der Waals surface area contributed by atoms with E-state index in [4.69, 9.17) is 4.74 Å². The lowest BCUT2D eigenvalue weighted by Crippen LogP contribution is -2.76. The number of nitrogens with zero attached hydrogens (tertiary/aromatic N) is 4. The Balaban J connectivity index is 1.35. The topological polar surface area (TPSA) is 106 Å². The molecule has 0 bridgehead atoms. The molecule has 3 aliphatic rings. The summed E-state index contributed by atoms with van der Waals surface area (Å²) in [5.41, 5.74) is 3.76. The number of aryl methyl sites for hydroxylation is 1. The second-order valence-corrected chi connectivity index (χ2v) is 11.4. The molecule has 3 aliphatic heterocycles. The van der Waals surface area contributed by atoms with Crippen LogP contribution < -0.4 is 10.1 Å². The molecule has 6 rings (SSSR count). The van der Waals surface area contributed by atoms with Gasteiger partial charge in [0, 0.05) is 31.6 Å². The van der Waals surface area contributed by atoms with Crippen LogP contribution in [0.5, 0.6) is 11.5 Å². The highest BCUT2D eigenvalue weighted by atomic mass is 16.5. The zero-order valence-electron chi connectivity index (χ0n) is 24.6. The van der Waals surface area contributed by atoms with Crippen molar-refractivity contribution in [3.05, 3.63) is 108 Å². The van der Waals surface area contributed by atoms with Crippen LogP contribution in [0.4, 0.5) is 4.79 Å². The Hall–Kier alpha value is -4.83. The second-order valence-electron chi connectivity index (χ2n) is 11.4. The maximum Gasteiger partial charge on any atom is 0.334 e. The number of ether oxygens (including phenoxy) is 1. The van der Waals surface area contributed by atoms with Crippen LogP contribution in [-0.2, 0) is 35.5 Å². The van der Waals surface area contributed by atoms with E-state index in [0.29, 0.717) is 13.2 Å². The summed E-state index contributed by atoms with van der Waals surface area (Å²) < 4.78 is 6.05. The number of para-hydroxylation sites is 1. The van der Waals surface area contributed by atoms with Crippen LogP contribution in [0, 0.1) is 0 Å². The van der Waals surface area contributed by atoms with Crippen molar-refractivity contribution in [2.24, 2.45) is 0 Å². The van der Waals surface area contributed by atoms with Gasteiger partial charge in [-0.3, -0.25) is 9.59 Å². The van der Waals surface area contributed by atoms with E-state index in [2.05, 4.69) is 18.0 Å². The van der Waals surface area contributed by atoms with Crippen molar-refractivity contribution in [2.45, 2.75) is 44.6 Å². The predicted octanol–water partition coefficient (Wildman–Crippen LogP) is 3.45. The van der Waals surface area contributed by atoms with Crippen LogP contribution in [0.2, 0.25) is 0 Å². The van der Waals surface area contributed by atoms with E-state index in [9.17, 15) is 19.5 Å². The molecule has 3 aromatic carbocycles. The molecule has 2 fully saturated rings. The zero-order valence-corrected chi connectivity index (χ0v) is 24.6. The van der Waals surface area contributed by atoms with Crippen molar-refractivity contribution >= 4 is 17.8 Å². The first-order chi connectivity index (χ1) is 21.4. The lowest BCUT2D eigenvalue weighted by Gasteiger charge is -2.55. The third kappa shape index (κ3) is 5.98. The number of carbonyl (C=O) groups is 3. The summed E-state index contributed by atoms with van der Waals surface area (Å²) in [6.07, 6.45) is 3.01. The summed E-state index contributed by atoms with van der Waals surface area (Å²) in [5.74, 6) is 0.501. The van der Waals surface area contributed by atoms with E-state index in [1.165, 1.54) is 0 Å². The van der Waals surface area contributed by atoms with Crippen LogP contribution in [-0.4, -0.2) is 81.2 Å². The molecule has 0 aromatic heterocycles. The Morgan fingerprint density at radius 3 is 2.59 bits per heavy atom. The molecule has 0 unspecified atom stereocenters. The number of aromatic hydroxyl groups is 1. The Bertz CT molecular complexity index is 1530. The van der Waals surface area contributed by atoms with Crippen LogP contribution in [0.15, 0.2) is 85.5 Å². The van der Waals surface area contributed by atoms with Crippen molar-refractivity contribution in [2.75, 3.05) is 26.2 Å². The first kappa shape index (κ1) is 29.3. The lowest BCUT2D eigenvalue weighted by atomic mass is 9.97. The largest absolute Gasteiger partial charge is 0.508 e. The van der Waals surface area contributed by atoms with Gasteiger partial charge in [0.25, 0.3) is 0 Å². The Morgan fingerprint density at radius 2 is 1.82 bits per heavy atom. The number of amides is 4. The zero-order chi connectivity index (χ0) is 30.6. The molecular formula is C34H37N5O5. The molecule has 0 radical (unpaired) electrons. The summed E-state index contributed by atoms with van der Waals surface area (Å²) >= 11 is 0. The van der Waals surface area contributed by atoms with E-state index < -0.39 is 12.2 Å². The molecule has 10 nitrogen and oxygen atoms in total. The summed E-state index contributed by atoms with van der Waals surface area (Å²) in [6.45, 7) is 5.41. The highest BCUT2D eigenvalue weighted by Crippen LogP contribution is 2.33. The minimum atomic E-state index is -0.846. The molecule has 44 heavy (non-hydrogen) atoms. The first-order valence-corrected chi connectivity index (χ1v) is 15.0. The smallest absolute Gasteiger partial charge is 0.334 e. The maximum absolute atomic E-state index is 14.3. The number of benzene rings is 3. The van der Waals surface area contributed by atoms with Gasteiger partial charge >= 0.3 is 6.03 Å². The maximum atomic E-state index is 14.3. The normalized spacial score (nSPS) is 20.0. The number of hydrogen-bond acceptors (Lipinski definition) is 6. The van der Waals surface area contributed by atoms with Gasteiger partial charge in [-0.25, -0.2) is 14.8 Å². The number of rotatable bonds is 8. The van der Waals surface area contributed by atoms with Crippen LogP contribution in [0.3, 0.4) is 0 Å². The first-order valence-electron chi connectivity index (χ1n) is 15.0. The quantitative estimate of drug-likeness (QED) is 0.387. The van der Waals surface area contributed by atoms with Gasteiger partial charge in [0.2, 0.25) is 11.8 Å². The molecule has 0 aliphatic carbocycles. The minimum Gasteiger partial charge on any atom is -0.508 e. The summed E-state index contributed by atoms with van der Waals surface area (Å²) in [4.78, 5) is 45.3. The minimum absolute atomic E-state index is 0.0688. The second kappa shape index (κ2) is 12.8. The van der Waals surface area contributed by atoms with Gasteiger partial charge in [0.15, 0.2) is 0 Å². The molecule has 228 valence electrons. The van der Waals surface area contributed by atoms with Gasteiger partial charge in [-0.2, -0.15) is 0 Å². The molecule has 3 heterocycles. The van der Waals surface area contributed by atoms with Crippen molar-refractivity contribution < 1.29 is 24.2 Å². The van der Waals surface area contributed by atoms with Gasteiger partial charge in [-0.05, 0) is 41.7 Å². The van der Waals surface area contributed by atoms with Gasteiger partial charge in [0.05, 0.1) is 19.7 Å². The number of urea groups is 1. The van der Waals surface area contributed by atoms with Crippen molar-refractivity contribution in [3.8, 4) is 11.5 Å². The Morgan fingerprint density at radius 1 is 1.02 bits per heavy atom. The van der Waals surface area contributed by atoms with E-state index in [-0.39, 0.29) is 56.2 Å². The number of hydrazine groups is 1. The monoisotopic (exact) mass is 595 g/mol. The third-order valence-electron chi connectivity index (χ3n) is 8.41. The molecule has 2 N–H and O–H groups in total. The van der Waals surface area contributed by atoms with E-state index in [1.54, 1.807) is 50.2 Å². The molecule has 3 aromatic rings. The molecule has 0 spiro atoms. The van der Waals surface area contributed by atoms with Crippen LogP contribution >= 0.6 is 0 Å². The molecule has 2 saturated heterocycles. The summed E-state index contributed by atoms with van der Waals surface area (Å²) in [6, 6.07) is 21.1. The molecule has 4 amide bonds. The fraction of sp³-hybridized carbons (Fsp3) is 0.324. The number of fused-ring (bicyclic) bond motifs is 2. The Kier molecular flexibility index (Phi) is 8.51. The number of carbonyl (C=O) groups excluding carboxylic acids is 3. The SMILES string of the molecule is C=CCN1CC(=O)N2[C@@H](Cc3ccc(O)cc3)C(=O)N(Cc3cccc4c3OCCC4)C[C@@H]2N1C(=O)NCc1ccccc1. The molecular weight excluding hydrogens is 558 g/mol. The van der Waals surface area contributed by atoms with Gasteiger partial charge < -0.3 is 25.0 Å². The molecule has 10 heteroatoms. The van der Waals surface area contributed by atoms with E-state index in [1.807, 2.05) is 42.5 Å². The third-order valence-corrected chi connectivity index (χ3v) is 8.41. The van der Waals surface area contributed by atoms with Crippen LogP contribution in [0.1, 0.15) is 28.7 Å². The highest BCUT2D eigenvalue weighted by molar-refractivity contribution is 5.91. The number of piperazine rings is 1. The standard InChI is InChI=1S/C34H37N5O5/c1-2-17-37-23-31(41)38-29(19-24-13-15-28(40)16-14-24)33(42)36(21-27-11-6-10-26-12-7-18-44-32(26)27)22-30(38)39(37)34(43)35-20-25-8-4-3-5-9-25/h2-6,8-11,13-16,29-30,40H,1,7,12,17-23H2,(H,35,43)/t29-,30-/m0/s1. The van der Waals surface area contributed by atoms with Gasteiger partial charge in [0.1, 0.15) is 23.7 Å². The predicted molar refractivity (Wildman–Crippen MR) is 164 cm³/mol. The van der Waals surface area contributed by atoms with Gasteiger partial charge in [-0.15, -0.1) is 6.58 Å². The summed E-state index contributed by atoms with van der Waals surface area (Å²) in [5, 5.41) is 16.1. The van der Waals surface area contributed by atoms with Gasteiger partial charge in [-0.1, -0.05) is 66.7 Å². The fourth-order valence-corrected chi connectivity index (χ4v) is 6.34. The molecule has 0 saturated carbocycles. The number of phenols is 1. The average molecular weight is 596 g/mol. The van der Waals surface area contributed by atoms with E-state index >= 15 is 0 Å². The van der Waals surface area contributed by atoms with Crippen LogP contribution in [0.25, 0.3) is 0 Å². The van der Waals surface area contributed by atoms with Crippen molar-refractivity contribution in [1.29, 1.82) is 0 Å². The Labute approximate surface area is 257 Å². The lowest BCUT2D eigenvalue weighted by molar-refractivity contribution is -0.189. The molecule has 2 atom stereocenters. The highest BCUT2D eigenvalue weighted by Gasteiger charge is 2.51. The number of hydrogen-bond donors (Lipinski definition) is 2. The van der Waals surface area contributed by atoms with E-state index in [0.717, 1.165) is 40.8 Å². The fourth-order valence-electron chi connectivity index (χ4n) is 6.34. The van der Waals surface area contributed by atoms with Crippen molar-refractivity contribution in [3.63, 3.8) is 0 Å². The van der Waals surface area contributed by atoms with Crippen molar-refractivity contribution in [1.82, 2.24) is 25.1 Å². The average Bonchev–Trinajstić information content (AvgIpc) is 3.03. The number of phenolic OH excluding ortho intramolecular Hbond substituents is 1. The summed E-state index contributed by atoms with van der Waals surface area (Å²) in [7, 11) is 0. The number of nitrogens with one attached hydrogen (secondary N) is 1.